The van der Waals surface area contributed by atoms with Gasteiger partial charge >= 0.3 is 0 Å². The van der Waals surface area contributed by atoms with E-state index in [2.05, 4.69) is 50.2 Å². The summed E-state index contributed by atoms with van der Waals surface area (Å²) < 4.78 is 0. The molecule has 0 aromatic heterocycles. The van der Waals surface area contributed by atoms with Gasteiger partial charge < -0.3 is 10.6 Å². The predicted octanol–water partition coefficient (Wildman–Crippen LogP) is 2.52. The molecule has 2 heteroatoms. The van der Waals surface area contributed by atoms with Crippen LogP contribution in [0.4, 0.5) is 0 Å². The van der Waals surface area contributed by atoms with Crippen LogP contribution in [0.3, 0.4) is 0 Å². The summed E-state index contributed by atoms with van der Waals surface area (Å²) in [7, 11) is 4.30. The van der Waals surface area contributed by atoms with Crippen LogP contribution in [0.15, 0.2) is 24.3 Å². The summed E-state index contributed by atoms with van der Waals surface area (Å²) in [6.07, 6.45) is 4.52. The van der Waals surface area contributed by atoms with Gasteiger partial charge in [0.05, 0.1) is 5.54 Å². The molecule has 0 heterocycles. The summed E-state index contributed by atoms with van der Waals surface area (Å²) >= 11 is 0. The first-order chi connectivity index (χ1) is 8.09. The van der Waals surface area contributed by atoms with Crippen LogP contribution in [0.1, 0.15) is 37.3 Å². The highest BCUT2D eigenvalue weighted by atomic mass is 15.1. The van der Waals surface area contributed by atoms with Crippen LogP contribution < -0.4 is 5.73 Å². The Kier molecular flexibility index (Phi) is 3.55. The maximum absolute atomic E-state index is 6.78. The highest BCUT2D eigenvalue weighted by Gasteiger charge is 2.41. The zero-order valence-corrected chi connectivity index (χ0v) is 11.2. The number of nitrogens with zero attached hydrogens (tertiary/aromatic N) is 1. The average molecular weight is 232 g/mol. The van der Waals surface area contributed by atoms with E-state index in [-0.39, 0.29) is 5.54 Å². The summed E-state index contributed by atoms with van der Waals surface area (Å²) in [5.74, 6) is 0. The van der Waals surface area contributed by atoms with Crippen LogP contribution >= 0.6 is 0 Å². The van der Waals surface area contributed by atoms with Gasteiger partial charge in [0, 0.05) is 6.04 Å². The molecule has 1 aliphatic rings. The van der Waals surface area contributed by atoms with Crippen molar-refractivity contribution < 1.29 is 0 Å². The van der Waals surface area contributed by atoms with Crippen LogP contribution in [-0.2, 0) is 12.0 Å². The average Bonchev–Trinajstić information content (AvgIpc) is 2.29. The molecule has 0 saturated carbocycles. The van der Waals surface area contributed by atoms with Crippen LogP contribution in [0, 0.1) is 0 Å². The molecule has 0 fully saturated rings. The normalized spacial score (nSPS) is 28.2. The van der Waals surface area contributed by atoms with E-state index in [1.807, 2.05) is 0 Å². The predicted molar refractivity (Wildman–Crippen MR) is 73.0 cm³/mol. The minimum absolute atomic E-state index is 0.174. The van der Waals surface area contributed by atoms with Crippen molar-refractivity contribution in [2.24, 2.45) is 5.73 Å². The van der Waals surface area contributed by atoms with Crippen LogP contribution in [0.2, 0.25) is 0 Å². The van der Waals surface area contributed by atoms with Crippen molar-refractivity contribution in [1.82, 2.24) is 4.90 Å². The third-order valence-electron chi connectivity index (χ3n) is 4.09. The Morgan fingerprint density at radius 3 is 2.71 bits per heavy atom. The van der Waals surface area contributed by atoms with E-state index in [0.717, 1.165) is 19.3 Å². The number of rotatable bonds is 3. The molecule has 1 aliphatic carbocycles. The van der Waals surface area contributed by atoms with E-state index in [4.69, 9.17) is 5.73 Å². The number of hydrogen-bond acceptors (Lipinski definition) is 2. The second-order valence-electron chi connectivity index (χ2n) is 5.47. The summed E-state index contributed by atoms with van der Waals surface area (Å²) in [5.41, 5.74) is 9.42. The summed E-state index contributed by atoms with van der Waals surface area (Å²) in [6.45, 7) is 2.22. The SMILES string of the molecule is CCCC1(N)c2ccccc2CCC1N(C)C. The number of fused-ring (bicyclic) bond motifs is 1. The molecule has 0 spiro atoms. The van der Waals surface area contributed by atoms with Gasteiger partial charge in [-0.1, -0.05) is 37.6 Å². The first kappa shape index (κ1) is 12.6. The Bertz CT molecular complexity index is 386. The summed E-state index contributed by atoms with van der Waals surface area (Å²) in [5, 5.41) is 0. The number of benzene rings is 1. The van der Waals surface area contributed by atoms with Crippen molar-refractivity contribution in [1.29, 1.82) is 0 Å². The Balaban J connectivity index is 2.46. The molecular weight excluding hydrogens is 208 g/mol. The van der Waals surface area contributed by atoms with Crippen molar-refractivity contribution in [3.63, 3.8) is 0 Å². The van der Waals surface area contributed by atoms with Gasteiger partial charge in [-0.15, -0.1) is 0 Å². The molecule has 17 heavy (non-hydrogen) atoms. The molecule has 0 saturated heterocycles. The molecule has 0 radical (unpaired) electrons. The minimum Gasteiger partial charge on any atom is -0.320 e. The van der Waals surface area contributed by atoms with E-state index in [1.165, 1.54) is 17.5 Å². The van der Waals surface area contributed by atoms with Crippen molar-refractivity contribution in [2.45, 2.75) is 44.2 Å². The molecule has 94 valence electrons. The number of hydrogen-bond donors (Lipinski definition) is 1. The first-order valence-corrected chi connectivity index (χ1v) is 6.63. The Hall–Kier alpha value is -0.860. The molecule has 0 bridgehead atoms. The lowest BCUT2D eigenvalue weighted by Gasteiger charge is -2.46. The van der Waals surface area contributed by atoms with E-state index < -0.39 is 0 Å². The van der Waals surface area contributed by atoms with Crippen LogP contribution in [-0.4, -0.2) is 25.0 Å². The van der Waals surface area contributed by atoms with Gasteiger partial charge in [-0.3, -0.25) is 0 Å². The third-order valence-corrected chi connectivity index (χ3v) is 4.09. The molecule has 2 rings (SSSR count). The number of aryl methyl sites for hydroxylation is 1. The van der Waals surface area contributed by atoms with Crippen molar-refractivity contribution in [3.05, 3.63) is 35.4 Å². The lowest BCUT2D eigenvalue weighted by atomic mass is 9.71. The molecule has 0 amide bonds. The zero-order valence-electron chi connectivity index (χ0n) is 11.2. The maximum atomic E-state index is 6.78. The molecule has 0 aliphatic heterocycles. The van der Waals surface area contributed by atoms with Gasteiger partial charge in [0.25, 0.3) is 0 Å². The van der Waals surface area contributed by atoms with Crippen LogP contribution in [0.25, 0.3) is 0 Å². The largest absolute Gasteiger partial charge is 0.320 e. The van der Waals surface area contributed by atoms with Crippen molar-refractivity contribution in [2.75, 3.05) is 14.1 Å². The van der Waals surface area contributed by atoms with E-state index >= 15 is 0 Å². The topological polar surface area (TPSA) is 29.3 Å². The van der Waals surface area contributed by atoms with E-state index in [9.17, 15) is 0 Å². The minimum atomic E-state index is -0.174. The fourth-order valence-electron chi connectivity index (χ4n) is 3.36. The fourth-order valence-corrected chi connectivity index (χ4v) is 3.36. The number of likely N-dealkylation sites (N-methyl/N-ethyl adjacent to an activating group) is 1. The molecule has 2 unspecified atom stereocenters. The lowest BCUT2D eigenvalue weighted by molar-refractivity contribution is 0.144. The van der Waals surface area contributed by atoms with E-state index in [0.29, 0.717) is 6.04 Å². The van der Waals surface area contributed by atoms with Crippen molar-refractivity contribution in [3.8, 4) is 0 Å². The monoisotopic (exact) mass is 232 g/mol. The van der Waals surface area contributed by atoms with Gasteiger partial charge in [0.15, 0.2) is 0 Å². The van der Waals surface area contributed by atoms with Gasteiger partial charge in [0.2, 0.25) is 0 Å². The highest BCUT2D eigenvalue weighted by molar-refractivity contribution is 5.38. The lowest BCUT2D eigenvalue weighted by Crippen LogP contribution is -2.56. The summed E-state index contributed by atoms with van der Waals surface area (Å²) in [6, 6.07) is 9.16. The first-order valence-electron chi connectivity index (χ1n) is 6.63. The quantitative estimate of drug-likeness (QED) is 0.867. The van der Waals surface area contributed by atoms with Gasteiger partial charge in [-0.2, -0.15) is 0 Å². The molecule has 1 aromatic carbocycles. The standard InChI is InChI=1S/C15H24N2/c1-4-11-15(16)13-8-6-5-7-12(13)9-10-14(15)17(2)3/h5-8,14H,4,9-11,16H2,1-3H3. The van der Waals surface area contributed by atoms with Crippen LogP contribution in [0.5, 0.6) is 0 Å². The van der Waals surface area contributed by atoms with Gasteiger partial charge in [-0.25, -0.2) is 0 Å². The summed E-state index contributed by atoms with van der Waals surface area (Å²) in [4.78, 5) is 2.30. The zero-order chi connectivity index (χ0) is 12.5. The smallest absolute Gasteiger partial charge is 0.0569 e. The molecule has 2 nitrogen and oxygen atoms in total. The second-order valence-corrected chi connectivity index (χ2v) is 5.47. The molecular formula is C15H24N2. The second kappa shape index (κ2) is 4.79. The number of nitrogens with two attached hydrogens (primary N) is 1. The maximum Gasteiger partial charge on any atom is 0.0569 e. The molecule has 2 atom stereocenters. The van der Waals surface area contributed by atoms with E-state index in [1.54, 1.807) is 0 Å². The third kappa shape index (κ3) is 2.12. The van der Waals surface area contributed by atoms with Gasteiger partial charge in [-0.05, 0) is 44.5 Å². The molecule has 2 N–H and O–H groups in total. The Labute approximate surface area is 105 Å². The molecule has 1 aromatic rings. The Morgan fingerprint density at radius 2 is 2.06 bits per heavy atom. The fraction of sp³-hybridized carbons (Fsp3) is 0.600. The van der Waals surface area contributed by atoms with Crippen molar-refractivity contribution >= 4 is 0 Å². The highest BCUT2D eigenvalue weighted by Crippen LogP contribution is 2.38. The van der Waals surface area contributed by atoms with Gasteiger partial charge in [0.1, 0.15) is 0 Å². The Morgan fingerprint density at radius 1 is 1.35 bits per heavy atom.